The molecule has 1 aromatic carbocycles. The number of carbonyl (C=O) groups is 2. The Kier molecular flexibility index (Phi) is 6.35. The summed E-state index contributed by atoms with van der Waals surface area (Å²) in [5, 5.41) is 11.9. The molecule has 2 aliphatic heterocycles. The Morgan fingerprint density at radius 1 is 1.00 bits per heavy atom. The maximum atomic E-state index is 12.7. The van der Waals surface area contributed by atoms with Crippen LogP contribution in [0.5, 0.6) is 0 Å². The molecular weight excluding hydrogens is 432 g/mol. The van der Waals surface area contributed by atoms with Crippen LogP contribution < -0.4 is 0 Å². The Hall–Kier alpha value is -3.08. The molecule has 1 aromatic heterocycles. The fraction of sp³-hybridized carbons (Fsp3) is 0.476. The second-order valence-corrected chi connectivity index (χ2v) is 10.4. The van der Waals surface area contributed by atoms with Crippen LogP contribution in [0.3, 0.4) is 0 Å². The molecule has 10 nitrogen and oxygen atoms in total. The van der Waals surface area contributed by atoms with Gasteiger partial charge in [0, 0.05) is 31.6 Å². The number of likely N-dealkylation sites (tertiary alicyclic amines) is 2. The molecule has 2 fully saturated rings. The van der Waals surface area contributed by atoms with Crippen LogP contribution in [0.15, 0.2) is 42.1 Å². The number of rotatable bonds is 6. The van der Waals surface area contributed by atoms with Crippen molar-refractivity contribution < 1.29 is 18.0 Å². The van der Waals surface area contributed by atoms with Crippen LogP contribution in [0.1, 0.15) is 24.8 Å². The van der Waals surface area contributed by atoms with Crippen molar-refractivity contribution in [2.45, 2.75) is 25.8 Å². The minimum absolute atomic E-state index is 0.0330. The van der Waals surface area contributed by atoms with Gasteiger partial charge in [-0.15, -0.1) is 5.10 Å². The SMILES string of the molecule is O=C(Cn1cnnn1)N1CCC2(CC1)CCN(C(=O)CS(=O)(=O)C=Cc1ccccc1)C2. The summed E-state index contributed by atoms with van der Waals surface area (Å²) in [5.74, 6) is -0.922. The van der Waals surface area contributed by atoms with Crippen LogP contribution in [0.2, 0.25) is 0 Å². The molecule has 0 unspecified atom stereocenters. The highest BCUT2D eigenvalue weighted by Gasteiger charge is 2.43. The van der Waals surface area contributed by atoms with Crippen molar-refractivity contribution >= 4 is 27.7 Å². The lowest BCUT2D eigenvalue weighted by molar-refractivity contribution is -0.135. The molecule has 2 saturated heterocycles. The normalized spacial score (nSPS) is 18.5. The lowest BCUT2D eigenvalue weighted by Crippen LogP contribution is -2.46. The summed E-state index contributed by atoms with van der Waals surface area (Å²) in [6, 6.07) is 9.11. The fourth-order valence-corrected chi connectivity index (χ4v) is 5.32. The summed E-state index contributed by atoms with van der Waals surface area (Å²) in [6.45, 7) is 2.43. The van der Waals surface area contributed by atoms with Gasteiger partial charge in [0.1, 0.15) is 18.6 Å². The molecule has 2 aliphatic rings. The van der Waals surface area contributed by atoms with Gasteiger partial charge in [-0.2, -0.15) is 0 Å². The maximum absolute atomic E-state index is 12.7. The van der Waals surface area contributed by atoms with E-state index in [0.29, 0.717) is 26.2 Å². The maximum Gasteiger partial charge on any atom is 0.244 e. The van der Waals surface area contributed by atoms with Crippen molar-refractivity contribution in [2.75, 3.05) is 31.9 Å². The van der Waals surface area contributed by atoms with Gasteiger partial charge < -0.3 is 9.80 Å². The minimum atomic E-state index is -3.65. The first kappa shape index (κ1) is 22.1. The quantitative estimate of drug-likeness (QED) is 0.622. The van der Waals surface area contributed by atoms with E-state index >= 15 is 0 Å². The summed E-state index contributed by atoms with van der Waals surface area (Å²) in [4.78, 5) is 28.6. The number of benzene rings is 1. The molecule has 0 radical (unpaired) electrons. The Morgan fingerprint density at radius 2 is 1.69 bits per heavy atom. The van der Waals surface area contributed by atoms with E-state index in [-0.39, 0.29) is 23.8 Å². The second-order valence-electron chi connectivity index (χ2n) is 8.47. The largest absolute Gasteiger partial charge is 0.341 e. The van der Waals surface area contributed by atoms with Gasteiger partial charge in [-0.05, 0) is 46.7 Å². The number of hydrogen-bond donors (Lipinski definition) is 0. The monoisotopic (exact) mass is 458 g/mol. The van der Waals surface area contributed by atoms with E-state index in [0.717, 1.165) is 30.2 Å². The molecule has 0 bridgehead atoms. The van der Waals surface area contributed by atoms with Crippen molar-refractivity contribution in [1.82, 2.24) is 30.0 Å². The molecule has 0 saturated carbocycles. The van der Waals surface area contributed by atoms with Gasteiger partial charge in [-0.25, -0.2) is 13.1 Å². The zero-order chi connectivity index (χ0) is 22.6. The van der Waals surface area contributed by atoms with Gasteiger partial charge in [0.25, 0.3) is 0 Å². The third-order valence-electron chi connectivity index (χ3n) is 6.25. The first-order chi connectivity index (χ1) is 15.3. The number of tetrazole rings is 1. The van der Waals surface area contributed by atoms with Crippen LogP contribution in [0.4, 0.5) is 0 Å². The van der Waals surface area contributed by atoms with E-state index in [1.165, 1.54) is 17.1 Å². The number of carbonyl (C=O) groups excluding carboxylic acids is 2. The molecule has 3 heterocycles. The lowest BCUT2D eigenvalue weighted by atomic mass is 9.78. The van der Waals surface area contributed by atoms with Crippen molar-refractivity contribution in [3.63, 3.8) is 0 Å². The molecule has 2 aromatic rings. The van der Waals surface area contributed by atoms with Crippen LogP contribution >= 0.6 is 0 Å². The topological polar surface area (TPSA) is 118 Å². The molecule has 4 rings (SSSR count). The predicted molar refractivity (Wildman–Crippen MR) is 117 cm³/mol. The molecular formula is C21H26N6O4S. The molecule has 0 atom stereocenters. The summed E-state index contributed by atoms with van der Waals surface area (Å²) in [5.41, 5.74) is 0.718. The molecule has 0 N–H and O–H groups in total. The van der Waals surface area contributed by atoms with E-state index in [9.17, 15) is 18.0 Å². The van der Waals surface area contributed by atoms with Crippen LogP contribution in [0, 0.1) is 5.41 Å². The number of sulfone groups is 1. The number of hydrogen-bond acceptors (Lipinski definition) is 7. The molecule has 1 spiro atoms. The number of amides is 2. The van der Waals surface area contributed by atoms with Gasteiger partial charge in [0.2, 0.25) is 11.8 Å². The van der Waals surface area contributed by atoms with Crippen molar-refractivity contribution in [2.24, 2.45) is 5.41 Å². The van der Waals surface area contributed by atoms with Crippen molar-refractivity contribution in [3.05, 3.63) is 47.6 Å². The van der Waals surface area contributed by atoms with Gasteiger partial charge in [0.15, 0.2) is 9.84 Å². The average Bonchev–Trinajstić information content (AvgIpc) is 3.44. The van der Waals surface area contributed by atoms with E-state index in [1.807, 2.05) is 18.2 Å². The summed E-state index contributed by atoms with van der Waals surface area (Å²) < 4.78 is 26.2. The van der Waals surface area contributed by atoms with E-state index < -0.39 is 15.6 Å². The highest BCUT2D eigenvalue weighted by atomic mass is 32.2. The highest BCUT2D eigenvalue weighted by molar-refractivity contribution is 7.95. The van der Waals surface area contributed by atoms with Crippen LogP contribution in [0.25, 0.3) is 6.08 Å². The first-order valence-corrected chi connectivity index (χ1v) is 12.3. The van der Waals surface area contributed by atoms with E-state index in [2.05, 4.69) is 15.5 Å². The predicted octanol–water partition coefficient (Wildman–Crippen LogP) is 0.600. The molecule has 2 amide bonds. The first-order valence-electron chi connectivity index (χ1n) is 10.6. The van der Waals surface area contributed by atoms with Gasteiger partial charge in [-0.1, -0.05) is 30.3 Å². The molecule has 170 valence electrons. The summed E-state index contributed by atoms with van der Waals surface area (Å²) in [7, 11) is -3.65. The molecule has 11 heteroatoms. The number of piperidine rings is 1. The van der Waals surface area contributed by atoms with Crippen molar-refractivity contribution in [1.29, 1.82) is 0 Å². The Morgan fingerprint density at radius 3 is 2.34 bits per heavy atom. The van der Waals surface area contributed by atoms with E-state index in [1.54, 1.807) is 21.9 Å². The van der Waals surface area contributed by atoms with Crippen molar-refractivity contribution in [3.8, 4) is 0 Å². The van der Waals surface area contributed by atoms with Gasteiger partial charge in [0.05, 0.1) is 0 Å². The molecule has 0 aliphatic carbocycles. The summed E-state index contributed by atoms with van der Waals surface area (Å²) >= 11 is 0. The third kappa shape index (κ3) is 5.39. The highest BCUT2D eigenvalue weighted by Crippen LogP contribution is 2.40. The minimum Gasteiger partial charge on any atom is -0.341 e. The van der Waals surface area contributed by atoms with Gasteiger partial charge in [-0.3, -0.25) is 9.59 Å². The smallest absolute Gasteiger partial charge is 0.244 e. The number of nitrogens with zero attached hydrogens (tertiary/aromatic N) is 6. The van der Waals surface area contributed by atoms with Crippen LogP contribution in [-0.4, -0.2) is 82.2 Å². The summed E-state index contributed by atoms with van der Waals surface area (Å²) in [6.07, 6.45) is 5.33. The average molecular weight is 459 g/mol. The number of aromatic nitrogens is 4. The Labute approximate surface area is 186 Å². The van der Waals surface area contributed by atoms with Crippen LogP contribution in [-0.2, 0) is 26.0 Å². The third-order valence-corrected chi connectivity index (χ3v) is 7.45. The fourth-order valence-electron chi connectivity index (χ4n) is 4.34. The standard InChI is InChI=1S/C21H26N6O4S/c28-19(14-27-17-22-23-24-27)25-10-7-21(8-11-25)9-12-26(16-21)20(29)15-32(30,31)13-6-18-4-2-1-3-5-18/h1-6,13,17H,7-12,14-16H2. The zero-order valence-electron chi connectivity index (χ0n) is 17.7. The lowest BCUT2D eigenvalue weighted by Gasteiger charge is -2.39. The zero-order valence-corrected chi connectivity index (χ0v) is 18.5. The second kappa shape index (κ2) is 9.19. The Balaban J connectivity index is 1.28. The Bertz CT molecular complexity index is 1080. The molecule has 32 heavy (non-hydrogen) atoms. The van der Waals surface area contributed by atoms with E-state index in [4.69, 9.17) is 0 Å². The van der Waals surface area contributed by atoms with Gasteiger partial charge >= 0.3 is 0 Å².